The summed E-state index contributed by atoms with van der Waals surface area (Å²) in [5.41, 5.74) is 2.84. The Hall–Kier alpha value is -3.28. The van der Waals surface area contributed by atoms with Crippen molar-refractivity contribution in [2.75, 3.05) is 0 Å². The molecule has 3 heterocycles. The summed E-state index contributed by atoms with van der Waals surface area (Å²) in [5, 5.41) is 4.05. The van der Waals surface area contributed by atoms with Crippen LogP contribution in [0.1, 0.15) is 5.56 Å². The fraction of sp³-hybridized carbons (Fsp3) is 0.0588. The van der Waals surface area contributed by atoms with Crippen LogP contribution in [-0.2, 0) is 0 Å². The SMILES string of the molecule is Cc1ccccc1-c1nc(-c2ccc(-n3ccnc3)nc2)no1. The predicted octanol–water partition coefficient (Wildman–Crippen LogP) is 3.29. The monoisotopic (exact) mass is 303 g/mol. The quantitative estimate of drug-likeness (QED) is 0.581. The molecule has 0 radical (unpaired) electrons. The number of rotatable bonds is 3. The van der Waals surface area contributed by atoms with Crippen LogP contribution in [0.15, 0.2) is 65.8 Å². The zero-order chi connectivity index (χ0) is 15.6. The Kier molecular flexibility index (Phi) is 3.20. The number of benzene rings is 1. The maximum Gasteiger partial charge on any atom is 0.258 e. The topological polar surface area (TPSA) is 69.6 Å². The molecule has 0 saturated heterocycles. The third-order valence-corrected chi connectivity index (χ3v) is 3.58. The first kappa shape index (κ1) is 13.4. The van der Waals surface area contributed by atoms with Crippen LogP contribution in [0.4, 0.5) is 0 Å². The van der Waals surface area contributed by atoms with Crippen LogP contribution in [0.3, 0.4) is 0 Å². The first-order valence-electron chi connectivity index (χ1n) is 7.16. The highest BCUT2D eigenvalue weighted by atomic mass is 16.5. The average Bonchev–Trinajstić information content (AvgIpc) is 3.27. The summed E-state index contributed by atoms with van der Waals surface area (Å²) in [5.74, 6) is 1.82. The van der Waals surface area contributed by atoms with E-state index < -0.39 is 0 Å². The summed E-state index contributed by atoms with van der Waals surface area (Å²) in [6, 6.07) is 11.7. The van der Waals surface area contributed by atoms with Gasteiger partial charge >= 0.3 is 0 Å². The molecule has 0 aliphatic carbocycles. The number of hydrogen-bond acceptors (Lipinski definition) is 5. The van der Waals surface area contributed by atoms with Crippen molar-refractivity contribution in [3.63, 3.8) is 0 Å². The van der Waals surface area contributed by atoms with Gasteiger partial charge in [-0.25, -0.2) is 9.97 Å². The number of pyridine rings is 1. The number of hydrogen-bond donors (Lipinski definition) is 0. The first-order chi connectivity index (χ1) is 11.3. The minimum absolute atomic E-state index is 0.511. The van der Waals surface area contributed by atoms with Crippen LogP contribution >= 0.6 is 0 Å². The van der Waals surface area contributed by atoms with Crippen molar-refractivity contribution in [3.8, 4) is 28.7 Å². The molecule has 4 rings (SSSR count). The maximum atomic E-state index is 5.38. The van der Waals surface area contributed by atoms with Gasteiger partial charge in [-0.3, -0.25) is 4.57 Å². The summed E-state index contributed by atoms with van der Waals surface area (Å²) < 4.78 is 7.22. The van der Waals surface area contributed by atoms with E-state index in [4.69, 9.17) is 4.52 Å². The number of imidazole rings is 1. The summed E-state index contributed by atoms with van der Waals surface area (Å²) in [6.45, 7) is 2.01. The molecule has 6 nitrogen and oxygen atoms in total. The van der Waals surface area contributed by atoms with Gasteiger partial charge in [-0.2, -0.15) is 4.98 Å². The van der Waals surface area contributed by atoms with Crippen molar-refractivity contribution in [2.24, 2.45) is 0 Å². The van der Waals surface area contributed by atoms with Crippen molar-refractivity contribution in [2.45, 2.75) is 6.92 Å². The van der Waals surface area contributed by atoms with E-state index in [0.29, 0.717) is 11.7 Å². The summed E-state index contributed by atoms with van der Waals surface area (Å²) in [6.07, 6.45) is 6.98. The second-order valence-corrected chi connectivity index (χ2v) is 5.11. The highest BCUT2D eigenvalue weighted by Crippen LogP contribution is 2.24. The molecular weight excluding hydrogens is 290 g/mol. The Morgan fingerprint density at radius 2 is 2.00 bits per heavy atom. The van der Waals surface area contributed by atoms with Gasteiger partial charge in [0.25, 0.3) is 5.89 Å². The Balaban J connectivity index is 1.66. The summed E-state index contributed by atoms with van der Waals surface area (Å²) in [7, 11) is 0. The van der Waals surface area contributed by atoms with Crippen molar-refractivity contribution in [1.29, 1.82) is 0 Å². The van der Waals surface area contributed by atoms with Gasteiger partial charge in [0.2, 0.25) is 5.82 Å². The second kappa shape index (κ2) is 5.49. The van der Waals surface area contributed by atoms with Crippen molar-refractivity contribution in [3.05, 3.63) is 66.9 Å². The van der Waals surface area contributed by atoms with Crippen molar-refractivity contribution < 1.29 is 4.52 Å². The average molecular weight is 303 g/mol. The molecule has 23 heavy (non-hydrogen) atoms. The molecule has 0 N–H and O–H groups in total. The van der Waals surface area contributed by atoms with Crippen LogP contribution in [0.25, 0.3) is 28.7 Å². The van der Waals surface area contributed by atoms with Gasteiger partial charge in [0.1, 0.15) is 12.1 Å². The van der Waals surface area contributed by atoms with Gasteiger partial charge in [-0.15, -0.1) is 0 Å². The zero-order valence-electron chi connectivity index (χ0n) is 12.4. The lowest BCUT2D eigenvalue weighted by atomic mass is 10.1. The molecule has 0 bridgehead atoms. The molecule has 3 aromatic heterocycles. The van der Waals surface area contributed by atoms with Crippen LogP contribution in [0, 0.1) is 6.92 Å². The molecule has 0 atom stereocenters. The Labute approximate surface area is 132 Å². The Morgan fingerprint density at radius 1 is 1.09 bits per heavy atom. The van der Waals surface area contributed by atoms with E-state index in [2.05, 4.69) is 20.1 Å². The molecule has 4 aromatic rings. The molecule has 0 fully saturated rings. The smallest absolute Gasteiger partial charge is 0.258 e. The summed E-state index contributed by atoms with van der Waals surface area (Å²) >= 11 is 0. The number of aryl methyl sites for hydroxylation is 1. The minimum atomic E-state index is 0.511. The van der Waals surface area contributed by atoms with E-state index in [-0.39, 0.29) is 0 Å². The molecule has 0 aliphatic heterocycles. The lowest BCUT2D eigenvalue weighted by molar-refractivity contribution is 0.432. The summed E-state index contributed by atoms with van der Waals surface area (Å²) in [4.78, 5) is 12.9. The Bertz CT molecular complexity index is 926. The van der Waals surface area contributed by atoms with Gasteiger partial charge in [0.15, 0.2) is 0 Å². The lowest BCUT2D eigenvalue weighted by Gasteiger charge is -2.00. The third-order valence-electron chi connectivity index (χ3n) is 3.58. The van der Waals surface area contributed by atoms with Crippen molar-refractivity contribution >= 4 is 0 Å². The van der Waals surface area contributed by atoms with E-state index in [0.717, 1.165) is 22.5 Å². The number of nitrogens with zero attached hydrogens (tertiary/aromatic N) is 5. The standard InChI is InChI=1S/C17H13N5O/c1-12-4-2-3-5-14(12)17-20-16(21-23-17)13-6-7-15(19-10-13)22-9-8-18-11-22/h2-11H,1H3. The Morgan fingerprint density at radius 3 is 2.74 bits per heavy atom. The van der Waals surface area contributed by atoms with E-state index in [1.165, 1.54) is 0 Å². The molecule has 0 unspecified atom stereocenters. The van der Waals surface area contributed by atoms with Crippen LogP contribution in [-0.4, -0.2) is 24.7 Å². The molecular formula is C17H13N5O. The fourth-order valence-corrected chi connectivity index (χ4v) is 2.33. The van der Waals surface area contributed by atoms with Crippen molar-refractivity contribution in [1.82, 2.24) is 24.7 Å². The number of aromatic nitrogens is 5. The molecule has 0 saturated carbocycles. The van der Waals surface area contributed by atoms with Gasteiger partial charge in [-0.1, -0.05) is 23.4 Å². The third kappa shape index (κ3) is 2.50. The van der Waals surface area contributed by atoms with E-state index in [1.54, 1.807) is 18.7 Å². The first-order valence-corrected chi connectivity index (χ1v) is 7.16. The normalized spacial score (nSPS) is 10.8. The second-order valence-electron chi connectivity index (χ2n) is 5.11. The molecule has 0 spiro atoms. The molecule has 0 aliphatic rings. The van der Waals surface area contributed by atoms with E-state index in [9.17, 15) is 0 Å². The highest BCUT2D eigenvalue weighted by molar-refractivity contribution is 5.62. The van der Waals surface area contributed by atoms with E-state index >= 15 is 0 Å². The molecule has 112 valence electrons. The van der Waals surface area contributed by atoms with Crippen LogP contribution in [0.2, 0.25) is 0 Å². The fourth-order valence-electron chi connectivity index (χ4n) is 2.33. The van der Waals surface area contributed by atoms with Gasteiger partial charge in [0, 0.05) is 29.7 Å². The predicted molar refractivity (Wildman–Crippen MR) is 84.8 cm³/mol. The lowest BCUT2D eigenvalue weighted by Crippen LogP contribution is -1.94. The molecule has 0 amide bonds. The van der Waals surface area contributed by atoms with Crippen LogP contribution < -0.4 is 0 Å². The molecule has 6 heteroatoms. The highest BCUT2D eigenvalue weighted by Gasteiger charge is 2.12. The molecule has 1 aromatic carbocycles. The van der Waals surface area contributed by atoms with E-state index in [1.807, 2.05) is 54.1 Å². The zero-order valence-corrected chi connectivity index (χ0v) is 12.4. The van der Waals surface area contributed by atoms with Gasteiger partial charge in [0.05, 0.1) is 0 Å². The maximum absolute atomic E-state index is 5.38. The van der Waals surface area contributed by atoms with Crippen LogP contribution in [0.5, 0.6) is 0 Å². The van der Waals surface area contributed by atoms with Gasteiger partial charge < -0.3 is 4.52 Å². The minimum Gasteiger partial charge on any atom is -0.334 e. The van der Waals surface area contributed by atoms with Gasteiger partial charge in [-0.05, 0) is 30.7 Å². The largest absolute Gasteiger partial charge is 0.334 e.